The second-order valence-electron chi connectivity index (χ2n) is 9.14. The van der Waals surface area contributed by atoms with Crippen LogP contribution >= 0.6 is 11.6 Å². The lowest BCUT2D eigenvalue weighted by molar-refractivity contribution is -0.120. The summed E-state index contributed by atoms with van der Waals surface area (Å²) in [6.07, 6.45) is 6.67. The maximum absolute atomic E-state index is 12.1. The van der Waals surface area contributed by atoms with Crippen molar-refractivity contribution < 1.29 is 14.3 Å². The zero-order valence-corrected chi connectivity index (χ0v) is 22.5. The monoisotopic (exact) mass is 544 g/mol. The molecule has 0 saturated heterocycles. The number of ether oxygens (including phenoxy) is 2. The largest absolute Gasteiger partial charge is 0.488 e. The molecule has 0 fully saturated rings. The van der Waals surface area contributed by atoms with Crippen molar-refractivity contribution in [2.45, 2.75) is 46.1 Å². The number of amides is 1. The number of carbonyl (C=O) groups is 1. The highest BCUT2D eigenvalue weighted by Gasteiger charge is 2.19. The van der Waals surface area contributed by atoms with Gasteiger partial charge in [-0.15, -0.1) is 0 Å². The molecule has 0 aliphatic carbocycles. The van der Waals surface area contributed by atoms with Gasteiger partial charge in [0.2, 0.25) is 5.91 Å². The number of rotatable bonds is 12. The molecule has 10 heteroatoms. The Bertz CT molecular complexity index is 1480. The van der Waals surface area contributed by atoms with Crippen molar-refractivity contribution in [1.82, 2.24) is 20.3 Å². The van der Waals surface area contributed by atoms with E-state index in [1.807, 2.05) is 12.1 Å². The smallest absolute Gasteiger partial charge is 0.234 e. The maximum atomic E-state index is 12.1. The number of primary amides is 1. The molecule has 0 aliphatic heterocycles. The number of nitrogens with zero attached hydrogens (tertiary/aromatic N) is 3. The van der Waals surface area contributed by atoms with Crippen molar-refractivity contribution in [3.8, 4) is 17.6 Å². The third-order valence-electron chi connectivity index (χ3n) is 6.39. The molecule has 2 heterocycles. The zero-order chi connectivity index (χ0) is 27.8. The first-order valence-corrected chi connectivity index (χ1v) is 12.7. The highest BCUT2D eigenvalue weighted by atomic mass is 35.5. The number of nitrogens with one attached hydrogen (secondary N) is 2. The van der Waals surface area contributed by atoms with E-state index in [-0.39, 0.29) is 13.2 Å². The molecule has 39 heavy (non-hydrogen) atoms. The molecule has 2 aromatic carbocycles. The lowest BCUT2D eigenvalue weighted by Crippen LogP contribution is -2.42. The number of aryl methyl sites for hydroxylation is 1. The van der Waals surface area contributed by atoms with Gasteiger partial charge in [-0.1, -0.05) is 29.8 Å². The van der Waals surface area contributed by atoms with Crippen molar-refractivity contribution in [3.05, 3.63) is 105 Å². The molecular weight excluding hydrogens is 516 g/mol. The van der Waals surface area contributed by atoms with Crippen LogP contribution < -0.4 is 20.5 Å². The highest BCUT2D eigenvalue weighted by molar-refractivity contribution is 6.32. The number of hydrogen-bond donors (Lipinski definition) is 3. The molecule has 9 nitrogen and oxygen atoms in total. The minimum atomic E-state index is -0.645. The number of H-pyrrole nitrogens is 1. The van der Waals surface area contributed by atoms with Gasteiger partial charge >= 0.3 is 0 Å². The first-order chi connectivity index (χ1) is 18.8. The van der Waals surface area contributed by atoms with Crippen LogP contribution in [0.1, 0.15) is 39.1 Å². The summed E-state index contributed by atoms with van der Waals surface area (Å²) in [6.45, 7) is 4.88. The van der Waals surface area contributed by atoms with Gasteiger partial charge in [0.1, 0.15) is 30.8 Å². The minimum Gasteiger partial charge on any atom is -0.488 e. The summed E-state index contributed by atoms with van der Waals surface area (Å²) in [7, 11) is 0. The summed E-state index contributed by atoms with van der Waals surface area (Å²) in [5.41, 5.74) is 11.7. The van der Waals surface area contributed by atoms with Gasteiger partial charge in [-0.25, -0.2) is 4.98 Å². The third kappa shape index (κ3) is 7.35. The van der Waals surface area contributed by atoms with E-state index in [4.69, 9.17) is 26.8 Å². The Balaban J connectivity index is 1.56. The average molecular weight is 545 g/mol. The second kappa shape index (κ2) is 12.9. The van der Waals surface area contributed by atoms with E-state index in [0.717, 1.165) is 22.4 Å². The molecule has 1 amide bonds. The van der Waals surface area contributed by atoms with E-state index in [1.54, 1.807) is 36.9 Å². The van der Waals surface area contributed by atoms with Gasteiger partial charge in [0.15, 0.2) is 0 Å². The van der Waals surface area contributed by atoms with Crippen molar-refractivity contribution >= 4 is 17.5 Å². The van der Waals surface area contributed by atoms with Gasteiger partial charge in [-0.05, 0) is 42.7 Å². The Morgan fingerprint density at radius 2 is 1.92 bits per heavy atom. The van der Waals surface area contributed by atoms with Gasteiger partial charge in [0.05, 0.1) is 23.0 Å². The fourth-order valence-electron chi connectivity index (χ4n) is 3.99. The lowest BCUT2D eigenvalue weighted by Gasteiger charge is -2.19. The van der Waals surface area contributed by atoms with Crippen LogP contribution in [0.4, 0.5) is 0 Å². The standard InChI is InChI=1S/C29H29ClN6O3/c1-18-4-3-5-22(19(18)2)16-39-28-9-27(38-15-21-6-20(10-31)11-33-12-21)23(7-25(28)30)13-35-26(29(32)37)8-24-14-34-17-36-24/h3-7,9,11-12,14,17,26,35H,8,13,15-16H2,1-2H3,(H2,32,37)(H,34,36). The van der Waals surface area contributed by atoms with Crippen LogP contribution in [0.5, 0.6) is 11.5 Å². The number of imidazole rings is 1. The van der Waals surface area contributed by atoms with Crippen LogP contribution in [-0.4, -0.2) is 26.9 Å². The molecule has 4 N–H and O–H groups in total. The topological polar surface area (TPSA) is 139 Å². The summed E-state index contributed by atoms with van der Waals surface area (Å²) in [4.78, 5) is 23.2. The Morgan fingerprint density at radius 3 is 2.67 bits per heavy atom. The molecule has 0 bridgehead atoms. The van der Waals surface area contributed by atoms with Crippen molar-refractivity contribution in [2.75, 3.05) is 0 Å². The number of hydrogen-bond acceptors (Lipinski definition) is 7. The predicted octanol–water partition coefficient (Wildman–Crippen LogP) is 4.29. The SMILES string of the molecule is Cc1cccc(COc2cc(OCc3cncc(C#N)c3)c(CNC(Cc3cnc[nH]3)C(N)=O)cc2Cl)c1C. The minimum absolute atomic E-state index is 0.168. The lowest BCUT2D eigenvalue weighted by atomic mass is 10.0. The van der Waals surface area contributed by atoms with Crippen molar-refractivity contribution in [3.63, 3.8) is 0 Å². The number of aromatic amines is 1. The van der Waals surface area contributed by atoms with Gasteiger partial charge in [0.25, 0.3) is 0 Å². The zero-order valence-electron chi connectivity index (χ0n) is 21.7. The van der Waals surface area contributed by atoms with E-state index >= 15 is 0 Å². The van der Waals surface area contributed by atoms with Crippen molar-refractivity contribution in [2.24, 2.45) is 5.73 Å². The summed E-state index contributed by atoms with van der Waals surface area (Å²) in [6, 6.07) is 12.7. The van der Waals surface area contributed by atoms with Crippen molar-refractivity contribution in [1.29, 1.82) is 5.26 Å². The number of halogens is 1. The number of carbonyl (C=O) groups excluding carboxylic acids is 1. The number of aromatic nitrogens is 3. The van der Waals surface area contributed by atoms with Gasteiger partial charge in [-0.3, -0.25) is 9.78 Å². The van der Waals surface area contributed by atoms with Crippen LogP contribution in [0.3, 0.4) is 0 Å². The van der Waals surface area contributed by atoms with E-state index in [1.165, 1.54) is 11.8 Å². The van der Waals surface area contributed by atoms with Gasteiger partial charge in [-0.2, -0.15) is 5.26 Å². The van der Waals surface area contributed by atoms with Crippen LogP contribution in [0, 0.1) is 25.2 Å². The molecule has 0 saturated carbocycles. The summed E-state index contributed by atoms with van der Waals surface area (Å²) < 4.78 is 12.3. The van der Waals surface area contributed by atoms with Gasteiger partial charge in [0, 0.05) is 54.4 Å². The van der Waals surface area contributed by atoms with E-state index < -0.39 is 11.9 Å². The Kier molecular flexibility index (Phi) is 9.15. The molecule has 1 unspecified atom stereocenters. The molecule has 2 aromatic heterocycles. The maximum Gasteiger partial charge on any atom is 0.234 e. The van der Waals surface area contributed by atoms with Gasteiger partial charge < -0.3 is 25.5 Å². The molecule has 0 radical (unpaired) electrons. The first kappa shape index (κ1) is 27.6. The van der Waals surface area contributed by atoms with E-state index in [0.29, 0.717) is 40.7 Å². The average Bonchev–Trinajstić information content (AvgIpc) is 3.45. The Hall–Kier alpha value is -4.39. The Morgan fingerprint density at radius 1 is 1.10 bits per heavy atom. The molecular formula is C29H29ClN6O3. The van der Waals surface area contributed by atoms with E-state index in [9.17, 15) is 10.1 Å². The fourth-order valence-corrected chi connectivity index (χ4v) is 4.24. The number of benzene rings is 2. The second-order valence-corrected chi connectivity index (χ2v) is 9.54. The quantitative estimate of drug-likeness (QED) is 0.242. The highest BCUT2D eigenvalue weighted by Crippen LogP contribution is 2.34. The summed E-state index contributed by atoms with van der Waals surface area (Å²) in [5, 5.41) is 12.8. The molecule has 4 aromatic rings. The molecule has 200 valence electrons. The van der Waals surface area contributed by atoms with Crippen LogP contribution in [-0.2, 0) is 31.0 Å². The van der Waals surface area contributed by atoms with Crippen LogP contribution in [0.25, 0.3) is 0 Å². The molecule has 0 aliphatic rings. The molecule has 1 atom stereocenters. The molecule has 4 rings (SSSR count). The summed E-state index contributed by atoms with van der Waals surface area (Å²) in [5.74, 6) is 0.477. The number of nitriles is 1. The normalized spacial score (nSPS) is 11.5. The first-order valence-electron chi connectivity index (χ1n) is 12.3. The number of pyridine rings is 1. The fraction of sp³-hybridized carbons (Fsp3) is 0.241. The predicted molar refractivity (Wildman–Crippen MR) is 147 cm³/mol. The van der Waals surface area contributed by atoms with E-state index in [2.05, 4.69) is 46.3 Å². The Labute approximate surface area is 232 Å². The number of nitrogens with two attached hydrogens (primary N) is 1. The molecule has 0 spiro atoms. The summed E-state index contributed by atoms with van der Waals surface area (Å²) >= 11 is 6.63. The third-order valence-corrected chi connectivity index (χ3v) is 6.69. The van der Waals surface area contributed by atoms with Crippen LogP contribution in [0.2, 0.25) is 5.02 Å². The van der Waals surface area contributed by atoms with Crippen LogP contribution in [0.15, 0.2) is 61.3 Å².